The van der Waals surface area contributed by atoms with Crippen LogP contribution in [0.2, 0.25) is 0 Å². The van der Waals surface area contributed by atoms with E-state index in [0.717, 1.165) is 21.6 Å². The van der Waals surface area contributed by atoms with E-state index >= 15 is 0 Å². The van der Waals surface area contributed by atoms with Crippen LogP contribution in [0.25, 0.3) is 11.5 Å². The molecule has 2 N–H and O–H groups in total. The van der Waals surface area contributed by atoms with Gasteiger partial charge in [0.2, 0.25) is 0 Å². The van der Waals surface area contributed by atoms with Crippen molar-refractivity contribution >= 4 is 23.3 Å². The zero-order chi connectivity index (χ0) is 26.2. The summed E-state index contributed by atoms with van der Waals surface area (Å²) in [5.41, 5.74) is 3.23. The fourth-order valence-corrected chi connectivity index (χ4v) is 4.81. The molecule has 0 bridgehead atoms. The van der Waals surface area contributed by atoms with Gasteiger partial charge in [-0.15, -0.1) is 0 Å². The normalized spacial score (nSPS) is 15.5. The fraction of sp³-hybridized carbons (Fsp3) is 0.0625. The number of aliphatic hydroxyl groups is 2. The molecule has 0 saturated carbocycles. The first-order valence-electron chi connectivity index (χ1n) is 12.2. The number of rotatable bonds is 4. The van der Waals surface area contributed by atoms with E-state index in [1.54, 1.807) is 24.3 Å². The van der Waals surface area contributed by atoms with Crippen molar-refractivity contribution in [3.8, 4) is 0 Å². The van der Waals surface area contributed by atoms with Crippen LogP contribution in [0, 0.1) is 10.4 Å². The lowest BCUT2D eigenvalue weighted by Gasteiger charge is -2.14. The third-order valence-electron chi connectivity index (χ3n) is 6.82. The average Bonchev–Trinajstić information content (AvgIpc) is 2.94. The Morgan fingerprint density at radius 1 is 0.526 bits per heavy atom. The second-order valence-corrected chi connectivity index (χ2v) is 9.28. The minimum atomic E-state index is -0.451. The van der Waals surface area contributed by atoms with Crippen molar-refractivity contribution < 1.29 is 19.8 Å². The molecule has 0 saturated heterocycles. The molecule has 4 aromatic rings. The van der Waals surface area contributed by atoms with Gasteiger partial charge in [0.15, 0.2) is 0 Å². The highest BCUT2D eigenvalue weighted by atomic mass is 16.3. The molecular formula is C32H22N2O4. The molecular weight excluding hydrogens is 476 g/mol. The van der Waals surface area contributed by atoms with Crippen LogP contribution >= 0.6 is 0 Å². The van der Waals surface area contributed by atoms with E-state index in [-0.39, 0.29) is 35.5 Å². The van der Waals surface area contributed by atoms with Crippen LogP contribution in [0.15, 0.2) is 118 Å². The van der Waals surface area contributed by atoms with Crippen molar-refractivity contribution in [1.82, 2.24) is 0 Å². The second-order valence-electron chi connectivity index (χ2n) is 9.28. The summed E-state index contributed by atoms with van der Waals surface area (Å²) < 4.78 is 0. The lowest BCUT2D eigenvalue weighted by Crippen LogP contribution is -2.22. The van der Waals surface area contributed by atoms with Crippen LogP contribution in [0.3, 0.4) is 0 Å². The quantitative estimate of drug-likeness (QED) is 0.438. The van der Waals surface area contributed by atoms with Crippen LogP contribution in [-0.4, -0.2) is 22.0 Å². The number of amides is 2. The molecule has 4 aromatic carbocycles. The second kappa shape index (κ2) is 9.41. The zero-order valence-corrected chi connectivity index (χ0v) is 20.3. The molecule has 0 unspecified atom stereocenters. The predicted octanol–water partition coefficient (Wildman–Crippen LogP) is 4.32. The SMILES string of the molecule is O=C1N=c2ccc(=c3ccc4c(c3)C(O)=C(Cc3ccccc3)C(=O)N=4)cc2C(O)=C1Cc1ccccc1. The summed E-state index contributed by atoms with van der Waals surface area (Å²) in [4.78, 5) is 33.7. The first kappa shape index (κ1) is 23.3. The Morgan fingerprint density at radius 3 is 1.32 bits per heavy atom. The minimum absolute atomic E-state index is 0.0860. The van der Waals surface area contributed by atoms with Crippen molar-refractivity contribution in [2.45, 2.75) is 12.8 Å². The van der Waals surface area contributed by atoms with Crippen LogP contribution < -0.4 is 10.7 Å². The lowest BCUT2D eigenvalue weighted by molar-refractivity contribution is -0.115. The van der Waals surface area contributed by atoms with Gasteiger partial charge < -0.3 is 10.2 Å². The molecule has 0 radical (unpaired) electrons. The van der Waals surface area contributed by atoms with Crippen LogP contribution in [-0.2, 0) is 22.4 Å². The Morgan fingerprint density at radius 2 is 0.921 bits per heavy atom. The summed E-state index contributed by atoms with van der Waals surface area (Å²) in [6.07, 6.45) is 0.547. The standard InChI is InChI=1S/C32H22N2O4/c35-29-23-17-21(11-13-27(23)33-31(37)25(29)15-19-7-3-1-4-8-19)22-12-14-28-24(18-22)30(36)26(32(38)34-28)16-20-9-5-2-6-10-20/h1-14,17-18,35-36H,15-16H2. The molecule has 0 spiro atoms. The van der Waals surface area contributed by atoms with E-state index in [4.69, 9.17) is 0 Å². The van der Waals surface area contributed by atoms with Crippen molar-refractivity contribution in [1.29, 1.82) is 0 Å². The summed E-state index contributed by atoms with van der Waals surface area (Å²) in [6, 6.07) is 29.5. The van der Waals surface area contributed by atoms with Crippen LogP contribution in [0.1, 0.15) is 22.3 Å². The number of aliphatic hydroxyl groups excluding tert-OH is 2. The molecule has 0 fully saturated rings. The van der Waals surface area contributed by atoms with E-state index in [0.29, 0.717) is 21.8 Å². The maximum Gasteiger partial charge on any atom is 0.277 e. The van der Waals surface area contributed by atoms with E-state index in [1.165, 1.54) is 0 Å². The first-order valence-corrected chi connectivity index (χ1v) is 12.2. The molecule has 0 aromatic heterocycles. The Labute approximate surface area is 217 Å². The van der Waals surface area contributed by atoms with Gasteiger partial charge in [-0.3, -0.25) is 9.59 Å². The van der Waals surface area contributed by atoms with E-state index in [1.807, 2.05) is 72.8 Å². The summed E-state index contributed by atoms with van der Waals surface area (Å²) in [5.74, 6) is -1.07. The molecule has 2 heterocycles. The first-order chi connectivity index (χ1) is 18.5. The topological polar surface area (TPSA) is 99.3 Å². The lowest BCUT2D eigenvalue weighted by atomic mass is 9.96. The summed E-state index contributed by atoms with van der Waals surface area (Å²) >= 11 is 0. The molecule has 2 amide bonds. The molecule has 6 heteroatoms. The fourth-order valence-electron chi connectivity index (χ4n) is 4.81. The monoisotopic (exact) mass is 498 g/mol. The Balaban J connectivity index is 1.47. The molecule has 2 aliphatic rings. The van der Waals surface area contributed by atoms with Gasteiger partial charge in [0.25, 0.3) is 11.8 Å². The largest absolute Gasteiger partial charge is 0.507 e. The highest BCUT2D eigenvalue weighted by Crippen LogP contribution is 2.24. The molecule has 0 aliphatic carbocycles. The van der Waals surface area contributed by atoms with Gasteiger partial charge in [-0.05, 0) is 45.8 Å². The number of carbonyl (C=O) groups is 2. The molecule has 184 valence electrons. The Kier molecular flexibility index (Phi) is 5.77. The number of benzene rings is 4. The van der Waals surface area contributed by atoms with Gasteiger partial charge in [0, 0.05) is 24.0 Å². The number of fused-ring (bicyclic) bond motifs is 2. The number of nitrogens with zero attached hydrogens (tertiary/aromatic N) is 2. The van der Waals surface area contributed by atoms with Crippen molar-refractivity contribution in [3.05, 3.63) is 152 Å². The third kappa shape index (κ3) is 4.22. The molecule has 0 atom stereocenters. The Hall–Kier alpha value is -5.10. The van der Waals surface area contributed by atoms with Crippen LogP contribution in [0.5, 0.6) is 0 Å². The number of carbonyl (C=O) groups excluding carboxylic acids is 2. The van der Waals surface area contributed by atoms with Gasteiger partial charge in [-0.25, -0.2) is 9.98 Å². The van der Waals surface area contributed by atoms with Gasteiger partial charge in [-0.2, -0.15) is 0 Å². The van der Waals surface area contributed by atoms with Gasteiger partial charge in [-0.1, -0.05) is 72.8 Å². The van der Waals surface area contributed by atoms with Gasteiger partial charge >= 0.3 is 0 Å². The van der Waals surface area contributed by atoms with Crippen molar-refractivity contribution in [3.63, 3.8) is 0 Å². The minimum Gasteiger partial charge on any atom is -0.507 e. The highest BCUT2D eigenvalue weighted by Gasteiger charge is 2.23. The molecule has 6 rings (SSSR count). The molecule has 2 aliphatic heterocycles. The third-order valence-corrected chi connectivity index (χ3v) is 6.82. The summed E-state index contributed by atoms with van der Waals surface area (Å²) in [5, 5.41) is 24.4. The van der Waals surface area contributed by atoms with E-state index in [2.05, 4.69) is 9.98 Å². The van der Waals surface area contributed by atoms with E-state index in [9.17, 15) is 19.8 Å². The predicted molar refractivity (Wildman–Crippen MR) is 142 cm³/mol. The number of hydrogen-bond acceptors (Lipinski definition) is 4. The average molecular weight is 499 g/mol. The maximum absolute atomic E-state index is 12.7. The summed E-state index contributed by atoms with van der Waals surface area (Å²) in [7, 11) is 0. The van der Waals surface area contributed by atoms with E-state index < -0.39 is 11.8 Å². The zero-order valence-electron chi connectivity index (χ0n) is 20.3. The van der Waals surface area contributed by atoms with Crippen LogP contribution in [0.4, 0.5) is 0 Å². The molecule has 38 heavy (non-hydrogen) atoms. The molecule has 6 nitrogen and oxygen atoms in total. The number of hydrogen-bond donors (Lipinski definition) is 2. The maximum atomic E-state index is 12.7. The highest BCUT2D eigenvalue weighted by molar-refractivity contribution is 6.03. The smallest absolute Gasteiger partial charge is 0.277 e. The van der Waals surface area contributed by atoms with Gasteiger partial charge in [0.1, 0.15) is 11.5 Å². The Bertz CT molecular complexity index is 1770. The van der Waals surface area contributed by atoms with Crippen molar-refractivity contribution in [2.75, 3.05) is 0 Å². The van der Waals surface area contributed by atoms with Crippen molar-refractivity contribution in [2.24, 2.45) is 9.98 Å². The van der Waals surface area contributed by atoms with Gasteiger partial charge in [0.05, 0.1) is 21.9 Å². The summed E-state index contributed by atoms with van der Waals surface area (Å²) in [6.45, 7) is 0.